The summed E-state index contributed by atoms with van der Waals surface area (Å²) in [6, 6.07) is 0. The third kappa shape index (κ3) is 5.14. The van der Waals surface area contributed by atoms with Crippen LogP contribution in [-0.2, 0) is 19.4 Å². The van der Waals surface area contributed by atoms with Crippen LogP contribution in [0.15, 0.2) is 12.2 Å². The molecule has 0 atom stereocenters. The van der Waals surface area contributed by atoms with Crippen LogP contribution in [0.1, 0.15) is 0 Å². The smallest absolute Gasteiger partial charge is 0.184 e. The zero-order valence-electron chi connectivity index (χ0n) is 5.57. The minimum absolute atomic E-state index is 0.166. The second-order valence-corrected chi connectivity index (χ2v) is 1.39. The van der Waals surface area contributed by atoms with Gasteiger partial charge in [0.25, 0.3) is 0 Å². The summed E-state index contributed by atoms with van der Waals surface area (Å²) in [6.45, 7) is -0.166. The van der Waals surface area contributed by atoms with Gasteiger partial charge in [-0.15, -0.1) is 0 Å². The van der Waals surface area contributed by atoms with Crippen molar-refractivity contribution in [3.63, 3.8) is 0 Å². The molecule has 56 valence electrons. The second kappa shape index (κ2) is 6.12. The lowest BCUT2D eigenvalue weighted by molar-refractivity contribution is -0.266. The van der Waals surface area contributed by atoms with Crippen LogP contribution in [0, 0.1) is 0 Å². The molecule has 0 saturated carbocycles. The number of hydrogen-bond acceptors (Lipinski definition) is 4. The van der Waals surface area contributed by atoms with Crippen molar-refractivity contribution in [3.05, 3.63) is 12.2 Å². The molecule has 0 spiro atoms. The molecule has 0 radical (unpaired) electrons. The quantitative estimate of drug-likeness (QED) is 0.234. The lowest BCUT2D eigenvalue weighted by Gasteiger charge is -1.92. The summed E-state index contributed by atoms with van der Waals surface area (Å²) in [6.07, 6.45) is 2.73. The highest BCUT2D eigenvalue weighted by Crippen LogP contribution is 1.78. The first kappa shape index (κ1) is 9.00. The lowest BCUT2D eigenvalue weighted by Crippen LogP contribution is -2.04. The first-order chi connectivity index (χ1) is 4.81. The van der Waals surface area contributed by atoms with E-state index in [0.717, 1.165) is 12.2 Å². The molecule has 0 amide bonds. The number of ketones is 1. The third-order valence-corrected chi connectivity index (χ3v) is 0.680. The zero-order chi connectivity index (χ0) is 7.82. The lowest BCUT2D eigenvalue weighted by atomic mass is 10.4. The summed E-state index contributed by atoms with van der Waals surface area (Å²) in [5.41, 5.74) is 0. The highest BCUT2D eigenvalue weighted by Gasteiger charge is 1.93. The van der Waals surface area contributed by atoms with Gasteiger partial charge in [-0.3, -0.25) is 9.59 Å². The van der Waals surface area contributed by atoms with E-state index in [0.29, 0.717) is 6.29 Å². The summed E-state index contributed by atoms with van der Waals surface area (Å²) in [5, 5.41) is 0. The fourth-order valence-corrected chi connectivity index (χ4v) is 0.312. The van der Waals surface area contributed by atoms with Crippen LogP contribution < -0.4 is 0 Å². The van der Waals surface area contributed by atoms with Gasteiger partial charge in [-0.25, -0.2) is 9.78 Å². The van der Waals surface area contributed by atoms with E-state index < -0.39 is 0 Å². The summed E-state index contributed by atoms with van der Waals surface area (Å²) in [4.78, 5) is 28.6. The van der Waals surface area contributed by atoms with E-state index >= 15 is 0 Å². The zero-order valence-corrected chi connectivity index (χ0v) is 5.57. The SMILES string of the molecule is COOCC(=O)C=CC=O. The first-order valence-corrected chi connectivity index (χ1v) is 2.61. The Labute approximate surface area is 58.4 Å². The number of allylic oxidation sites excluding steroid dienone is 1. The van der Waals surface area contributed by atoms with Crippen LogP contribution in [0.25, 0.3) is 0 Å². The van der Waals surface area contributed by atoms with Crippen molar-refractivity contribution in [1.82, 2.24) is 0 Å². The van der Waals surface area contributed by atoms with E-state index in [1.807, 2.05) is 0 Å². The average molecular weight is 144 g/mol. The Hall–Kier alpha value is -1.00. The van der Waals surface area contributed by atoms with E-state index in [4.69, 9.17) is 0 Å². The third-order valence-electron chi connectivity index (χ3n) is 0.680. The maximum absolute atomic E-state index is 10.5. The molecule has 0 aliphatic rings. The van der Waals surface area contributed by atoms with Crippen LogP contribution in [0.4, 0.5) is 0 Å². The van der Waals surface area contributed by atoms with Crippen molar-refractivity contribution in [3.8, 4) is 0 Å². The molecule has 0 aliphatic heterocycles. The fourth-order valence-electron chi connectivity index (χ4n) is 0.312. The molecule has 0 saturated heterocycles. The normalized spacial score (nSPS) is 10.1. The van der Waals surface area contributed by atoms with Crippen LogP contribution in [0.3, 0.4) is 0 Å². The van der Waals surface area contributed by atoms with Crippen molar-refractivity contribution in [2.45, 2.75) is 0 Å². The van der Waals surface area contributed by atoms with E-state index in [1.54, 1.807) is 0 Å². The van der Waals surface area contributed by atoms with Gasteiger partial charge < -0.3 is 0 Å². The largest absolute Gasteiger partial charge is 0.299 e. The molecule has 0 N–H and O–H groups in total. The molecule has 0 aromatic heterocycles. The van der Waals surface area contributed by atoms with E-state index in [2.05, 4.69) is 9.78 Å². The van der Waals surface area contributed by atoms with Gasteiger partial charge >= 0.3 is 0 Å². The number of carbonyl (C=O) groups excluding carboxylic acids is 2. The van der Waals surface area contributed by atoms with Gasteiger partial charge in [0.05, 0.1) is 7.11 Å². The van der Waals surface area contributed by atoms with Gasteiger partial charge in [0.1, 0.15) is 12.9 Å². The van der Waals surface area contributed by atoms with E-state index in [9.17, 15) is 9.59 Å². The molecule has 0 bridgehead atoms. The Balaban J connectivity index is 3.43. The predicted octanol–water partition coefficient (Wildman–Crippen LogP) is -0.111. The Morgan fingerprint density at radius 2 is 2.30 bits per heavy atom. The summed E-state index contributed by atoms with van der Waals surface area (Å²) in [7, 11) is 1.30. The van der Waals surface area contributed by atoms with Gasteiger partial charge in [-0.05, 0) is 12.2 Å². The van der Waals surface area contributed by atoms with Gasteiger partial charge in [-0.2, -0.15) is 0 Å². The standard InChI is InChI=1S/C6H8O4/c1-9-10-5-6(8)3-2-4-7/h2-4H,5H2,1H3. The minimum Gasteiger partial charge on any atom is -0.299 e. The number of rotatable bonds is 5. The second-order valence-electron chi connectivity index (χ2n) is 1.39. The number of hydrogen-bond donors (Lipinski definition) is 0. The van der Waals surface area contributed by atoms with Gasteiger partial charge in [0, 0.05) is 0 Å². The minimum atomic E-state index is -0.311. The van der Waals surface area contributed by atoms with E-state index in [1.165, 1.54) is 7.11 Å². The van der Waals surface area contributed by atoms with Crippen molar-refractivity contribution >= 4 is 12.1 Å². The maximum atomic E-state index is 10.5. The highest BCUT2D eigenvalue weighted by molar-refractivity contribution is 5.93. The van der Waals surface area contributed by atoms with Gasteiger partial charge in [0.2, 0.25) is 0 Å². The highest BCUT2D eigenvalue weighted by atomic mass is 17.2. The van der Waals surface area contributed by atoms with Crippen molar-refractivity contribution in [2.75, 3.05) is 13.7 Å². The topological polar surface area (TPSA) is 52.6 Å². The molecule has 0 aliphatic carbocycles. The summed E-state index contributed by atoms with van der Waals surface area (Å²) in [5.74, 6) is -0.311. The molecule has 4 heteroatoms. The Bertz CT molecular complexity index is 139. The van der Waals surface area contributed by atoms with Gasteiger partial charge in [-0.1, -0.05) is 0 Å². The molecule has 0 aromatic carbocycles. The predicted molar refractivity (Wildman–Crippen MR) is 33.2 cm³/mol. The molecule has 0 aromatic rings. The van der Waals surface area contributed by atoms with Crippen molar-refractivity contribution in [1.29, 1.82) is 0 Å². The monoisotopic (exact) mass is 144 g/mol. The van der Waals surface area contributed by atoms with E-state index in [-0.39, 0.29) is 12.4 Å². The molecule has 0 unspecified atom stereocenters. The first-order valence-electron chi connectivity index (χ1n) is 2.61. The number of aldehydes is 1. The molecule has 10 heavy (non-hydrogen) atoms. The number of carbonyl (C=O) groups is 2. The molecular weight excluding hydrogens is 136 g/mol. The Morgan fingerprint density at radius 1 is 1.60 bits per heavy atom. The fraction of sp³-hybridized carbons (Fsp3) is 0.333. The van der Waals surface area contributed by atoms with Gasteiger partial charge in [0.15, 0.2) is 5.78 Å². The van der Waals surface area contributed by atoms with Crippen LogP contribution >= 0.6 is 0 Å². The van der Waals surface area contributed by atoms with Crippen molar-refractivity contribution in [2.24, 2.45) is 0 Å². The molecule has 0 fully saturated rings. The maximum Gasteiger partial charge on any atom is 0.184 e. The van der Waals surface area contributed by atoms with Crippen molar-refractivity contribution < 1.29 is 19.4 Å². The van der Waals surface area contributed by atoms with Crippen LogP contribution in [0.2, 0.25) is 0 Å². The molecule has 0 heterocycles. The van der Waals surface area contributed by atoms with Crippen LogP contribution in [0.5, 0.6) is 0 Å². The Morgan fingerprint density at radius 3 is 2.80 bits per heavy atom. The Kier molecular flexibility index (Phi) is 5.51. The molecular formula is C6H8O4. The summed E-state index contributed by atoms with van der Waals surface area (Å²) < 4.78 is 0. The summed E-state index contributed by atoms with van der Waals surface area (Å²) >= 11 is 0. The van der Waals surface area contributed by atoms with Crippen LogP contribution in [-0.4, -0.2) is 25.8 Å². The average Bonchev–Trinajstić information content (AvgIpc) is 1.97. The molecule has 4 nitrogen and oxygen atoms in total. The molecule has 0 rings (SSSR count).